The second-order valence-corrected chi connectivity index (χ2v) is 7.01. The Morgan fingerprint density at radius 1 is 1.38 bits per heavy atom. The summed E-state index contributed by atoms with van der Waals surface area (Å²) in [6.45, 7) is 6.11. The van der Waals surface area contributed by atoms with Gasteiger partial charge in [0.15, 0.2) is 0 Å². The minimum absolute atomic E-state index is 0.0880. The summed E-state index contributed by atoms with van der Waals surface area (Å²) in [5, 5.41) is 2.77. The Bertz CT molecular complexity index is 684. The molecule has 3 heterocycles. The normalized spacial score (nSPS) is 18.0. The maximum Gasteiger partial charge on any atom is 0.407 e. The average molecular weight is 357 g/mol. The Labute approximate surface area is 154 Å². The van der Waals surface area contributed by atoms with E-state index in [9.17, 15) is 4.79 Å². The van der Waals surface area contributed by atoms with Crippen molar-refractivity contribution in [1.82, 2.24) is 24.8 Å². The molecular formula is C19H27N5O2. The second-order valence-electron chi connectivity index (χ2n) is 7.01. The average Bonchev–Trinajstić information content (AvgIpc) is 3.16. The van der Waals surface area contributed by atoms with Crippen LogP contribution in [0.15, 0.2) is 37.1 Å². The summed E-state index contributed by atoms with van der Waals surface area (Å²) < 4.78 is 7.29. The molecule has 3 rings (SSSR count). The van der Waals surface area contributed by atoms with Gasteiger partial charge < -0.3 is 10.1 Å². The van der Waals surface area contributed by atoms with Gasteiger partial charge in [-0.3, -0.25) is 9.47 Å². The van der Waals surface area contributed by atoms with Gasteiger partial charge >= 0.3 is 6.09 Å². The van der Waals surface area contributed by atoms with Gasteiger partial charge in [-0.05, 0) is 44.9 Å². The van der Waals surface area contributed by atoms with E-state index in [1.807, 2.05) is 36.9 Å². The number of carbonyl (C=O) groups excluding carboxylic acids is 1. The largest absolute Gasteiger partial charge is 0.448 e. The van der Waals surface area contributed by atoms with Gasteiger partial charge in [-0.25, -0.2) is 14.8 Å². The van der Waals surface area contributed by atoms with Crippen molar-refractivity contribution in [1.29, 1.82) is 0 Å². The van der Waals surface area contributed by atoms with E-state index < -0.39 is 0 Å². The molecule has 7 nitrogen and oxygen atoms in total. The lowest BCUT2D eigenvalue weighted by atomic mass is 10.0. The summed E-state index contributed by atoms with van der Waals surface area (Å²) in [5.74, 6) is 0.857. The number of hydrogen-bond acceptors (Lipinski definition) is 5. The number of aromatic nitrogens is 3. The summed E-state index contributed by atoms with van der Waals surface area (Å²) in [5.41, 5.74) is 1.16. The highest BCUT2D eigenvalue weighted by atomic mass is 16.5. The molecule has 0 spiro atoms. The maximum atomic E-state index is 11.7. The molecule has 1 aliphatic heterocycles. The second kappa shape index (κ2) is 8.80. The minimum Gasteiger partial charge on any atom is -0.448 e. The highest BCUT2D eigenvalue weighted by molar-refractivity contribution is 5.67. The molecular weight excluding hydrogens is 330 g/mol. The molecule has 0 radical (unpaired) electrons. The van der Waals surface area contributed by atoms with Crippen LogP contribution in [0.4, 0.5) is 4.79 Å². The molecule has 1 aliphatic rings. The molecule has 1 saturated heterocycles. The van der Waals surface area contributed by atoms with Gasteiger partial charge in [-0.2, -0.15) is 0 Å². The van der Waals surface area contributed by atoms with Crippen LogP contribution in [0.5, 0.6) is 0 Å². The molecule has 1 atom stereocenters. The zero-order chi connectivity index (χ0) is 18.4. The third-order valence-electron chi connectivity index (χ3n) is 4.53. The number of carbonyl (C=O) groups is 1. The fraction of sp³-hybridized carbons (Fsp3) is 0.526. The molecule has 1 N–H and O–H groups in total. The molecule has 1 unspecified atom stereocenters. The fourth-order valence-electron chi connectivity index (χ4n) is 3.20. The van der Waals surface area contributed by atoms with Crippen LogP contribution < -0.4 is 5.32 Å². The van der Waals surface area contributed by atoms with E-state index in [4.69, 9.17) is 4.74 Å². The molecule has 140 valence electrons. The van der Waals surface area contributed by atoms with E-state index in [0.717, 1.165) is 30.9 Å². The van der Waals surface area contributed by atoms with Gasteiger partial charge in [0.2, 0.25) is 0 Å². The summed E-state index contributed by atoms with van der Waals surface area (Å²) in [6, 6.07) is 4.45. The number of hydrogen-bond donors (Lipinski definition) is 1. The van der Waals surface area contributed by atoms with Crippen LogP contribution in [0.1, 0.15) is 38.7 Å². The zero-order valence-corrected chi connectivity index (χ0v) is 15.5. The summed E-state index contributed by atoms with van der Waals surface area (Å²) in [6.07, 6.45) is 10.3. The van der Waals surface area contributed by atoms with Gasteiger partial charge in [-0.1, -0.05) is 12.5 Å². The number of nitrogens with zero attached hydrogens (tertiary/aromatic N) is 4. The number of piperidine rings is 1. The lowest BCUT2D eigenvalue weighted by Gasteiger charge is -2.35. The monoisotopic (exact) mass is 357 g/mol. The lowest BCUT2D eigenvalue weighted by molar-refractivity contribution is 0.0631. The molecule has 1 amide bonds. The van der Waals surface area contributed by atoms with E-state index in [1.165, 1.54) is 12.8 Å². The van der Waals surface area contributed by atoms with Crippen LogP contribution in [0.25, 0.3) is 5.82 Å². The molecule has 0 aromatic carbocycles. The Morgan fingerprint density at radius 2 is 2.27 bits per heavy atom. The van der Waals surface area contributed by atoms with Gasteiger partial charge in [0.05, 0.1) is 0 Å². The van der Waals surface area contributed by atoms with Crippen molar-refractivity contribution in [2.24, 2.45) is 0 Å². The zero-order valence-electron chi connectivity index (χ0n) is 15.5. The van der Waals surface area contributed by atoms with E-state index in [0.29, 0.717) is 6.61 Å². The van der Waals surface area contributed by atoms with Crippen molar-refractivity contribution in [3.8, 4) is 5.82 Å². The van der Waals surface area contributed by atoms with Crippen molar-refractivity contribution in [3.63, 3.8) is 0 Å². The first-order valence-corrected chi connectivity index (χ1v) is 9.22. The van der Waals surface area contributed by atoms with Crippen molar-refractivity contribution >= 4 is 6.09 Å². The Balaban J connectivity index is 1.57. The van der Waals surface area contributed by atoms with Crippen molar-refractivity contribution in [2.45, 2.75) is 51.7 Å². The quantitative estimate of drug-likeness (QED) is 0.861. The summed E-state index contributed by atoms with van der Waals surface area (Å²) >= 11 is 0. The third-order valence-corrected chi connectivity index (χ3v) is 4.53. The van der Waals surface area contributed by atoms with Crippen LogP contribution in [0, 0.1) is 0 Å². The van der Waals surface area contributed by atoms with Crippen LogP contribution in [-0.4, -0.2) is 50.8 Å². The first-order valence-electron chi connectivity index (χ1n) is 9.22. The fourth-order valence-corrected chi connectivity index (χ4v) is 3.20. The number of ether oxygens (including phenoxy) is 1. The molecule has 26 heavy (non-hydrogen) atoms. The smallest absolute Gasteiger partial charge is 0.407 e. The summed E-state index contributed by atoms with van der Waals surface area (Å²) in [4.78, 5) is 22.7. The van der Waals surface area contributed by atoms with Crippen molar-refractivity contribution in [3.05, 3.63) is 42.6 Å². The number of pyridine rings is 1. The minimum atomic E-state index is -0.336. The standard InChI is InChI=1S/C19H27N5O2/c1-15(2)22-19(25)26-13-17-5-3-4-9-23(17)12-16-6-7-18(21-11-16)24-10-8-20-14-24/h6-8,10-11,14-15,17H,3-5,9,12-13H2,1-2H3,(H,22,25). The Kier molecular flexibility index (Phi) is 6.22. The Hall–Kier alpha value is -2.41. The highest BCUT2D eigenvalue weighted by Gasteiger charge is 2.24. The number of alkyl carbamates (subject to hydrolysis) is 1. The van der Waals surface area contributed by atoms with E-state index >= 15 is 0 Å². The molecule has 0 aliphatic carbocycles. The van der Waals surface area contributed by atoms with E-state index in [-0.39, 0.29) is 18.2 Å². The number of imidazole rings is 1. The molecule has 2 aromatic rings. The number of rotatable bonds is 6. The highest BCUT2D eigenvalue weighted by Crippen LogP contribution is 2.20. The maximum absolute atomic E-state index is 11.7. The first-order chi connectivity index (χ1) is 12.6. The van der Waals surface area contributed by atoms with Gasteiger partial charge in [0.1, 0.15) is 18.8 Å². The number of likely N-dealkylation sites (tertiary alicyclic amines) is 1. The van der Waals surface area contributed by atoms with Gasteiger partial charge in [-0.15, -0.1) is 0 Å². The first kappa shape index (κ1) is 18.4. The number of nitrogens with one attached hydrogen (secondary N) is 1. The Morgan fingerprint density at radius 3 is 2.96 bits per heavy atom. The molecule has 0 bridgehead atoms. The van der Waals surface area contributed by atoms with Gasteiger partial charge in [0, 0.05) is 37.2 Å². The topological polar surface area (TPSA) is 72.3 Å². The predicted octanol–water partition coefficient (Wildman–Crippen LogP) is 2.76. The van der Waals surface area contributed by atoms with Gasteiger partial charge in [0.25, 0.3) is 0 Å². The van der Waals surface area contributed by atoms with Crippen LogP contribution in [0.3, 0.4) is 0 Å². The van der Waals surface area contributed by atoms with Crippen LogP contribution in [-0.2, 0) is 11.3 Å². The molecule has 1 fully saturated rings. The summed E-state index contributed by atoms with van der Waals surface area (Å²) in [7, 11) is 0. The predicted molar refractivity (Wildman–Crippen MR) is 99.0 cm³/mol. The van der Waals surface area contributed by atoms with E-state index in [2.05, 4.69) is 26.3 Å². The SMILES string of the molecule is CC(C)NC(=O)OCC1CCCCN1Cc1ccc(-n2ccnc2)nc1. The number of amides is 1. The van der Waals surface area contributed by atoms with E-state index in [1.54, 1.807) is 12.5 Å². The van der Waals surface area contributed by atoms with Crippen molar-refractivity contribution < 1.29 is 9.53 Å². The van der Waals surface area contributed by atoms with Crippen LogP contribution >= 0.6 is 0 Å². The molecule has 2 aromatic heterocycles. The van der Waals surface area contributed by atoms with Crippen LogP contribution in [0.2, 0.25) is 0 Å². The lowest BCUT2D eigenvalue weighted by Crippen LogP contribution is -2.43. The third kappa shape index (κ3) is 5.05. The molecule has 7 heteroatoms. The molecule has 0 saturated carbocycles. The van der Waals surface area contributed by atoms with Crippen molar-refractivity contribution in [2.75, 3.05) is 13.2 Å².